The Morgan fingerprint density at radius 1 is 1.42 bits per heavy atom. The lowest BCUT2D eigenvalue weighted by Gasteiger charge is -2.27. The van der Waals surface area contributed by atoms with E-state index in [1.807, 2.05) is 0 Å². The third-order valence-electron chi connectivity index (χ3n) is 3.88. The summed E-state index contributed by atoms with van der Waals surface area (Å²) in [6, 6.07) is -1.32. The van der Waals surface area contributed by atoms with Crippen LogP contribution in [0.15, 0.2) is 12.3 Å². The van der Waals surface area contributed by atoms with Gasteiger partial charge in [-0.3, -0.25) is 14.4 Å². The summed E-state index contributed by atoms with van der Waals surface area (Å²) in [5.41, 5.74) is 5.81. The van der Waals surface area contributed by atoms with Crippen LogP contribution in [0, 0.1) is 5.92 Å². The molecule has 24 heavy (non-hydrogen) atoms. The second-order valence-corrected chi connectivity index (χ2v) is 6.17. The lowest BCUT2D eigenvalue weighted by Crippen LogP contribution is -2.52. The molecule has 0 saturated carbocycles. The molecule has 0 bridgehead atoms. The molecule has 0 aliphatic carbocycles. The fraction of sp³-hybridized carbons (Fsp3) is 0.625. The van der Waals surface area contributed by atoms with E-state index in [2.05, 4.69) is 17.2 Å². The monoisotopic (exact) mass is 338 g/mol. The van der Waals surface area contributed by atoms with Crippen molar-refractivity contribution in [2.24, 2.45) is 11.7 Å². The summed E-state index contributed by atoms with van der Waals surface area (Å²) >= 11 is 0. The van der Waals surface area contributed by atoms with E-state index in [9.17, 15) is 19.2 Å². The Kier molecular flexibility index (Phi) is 7.41. The molecular formula is C16H26N4O4. The molecule has 0 aromatic heterocycles. The number of aldehydes is 1. The van der Waals surface area contributed by atoms with Gasteiger partial charge >= 0.3 is 0 Å². The minimum atomic E-state index is -0.699. The number of nitrogens with one attached hydrogen (secondary N) is 2. The number of likely N-dealkylation sites (tertiary alicyclic amines) is 1. The van der Waals surface area contributed by atoms with Gasteiger partial charge in [0.2, 0.25) is 17.7 Å². The van der Waals surface area contributed by atoms with E-state index in [0.717, 1.165) is 0 Å². The molecule has 1 aliphatic heterocycles. The summed E-state index contributed by atoms with van der Waals surface area (Å²) in [6.07, 6.45) is 1.82. The summed E-state index contributed by atoms with van der Waals surface area (Å²) < 4.78 is 0. The van der Waals surface area contributed by atoms with Crippen LogP contribution in [-0.2, 0) is 19.2 Å². The zero-order chi connectivity index (χ0) is 18.3. The fourth-order valence-corrected chi connectivity index (χ4v) is 2.67. The standard InChI is InChI=1S/C16H26N4O4/c1-10(2)18-8-12(9-21)19-15(23)13-5-4-6-20(13)16(24)11(3)7-14(17)22/h9,11-13,18H,1,4-8H2,2-3H3,(H2,17,22)(H,19,23). The molecule has 8 nitrogen and oxygen atoms in total. The highest BCUT2D eigenvalue weighted by molar-refractivity contribution is 5.91. The van der Waals surface area contributed by atoms with Gasteiger partial charge < -0.3 is 26.1 Å². The Bertz CT molecular complexity index is 520. The molecule has 3 atom stereocenters. The van der Waals surface area contributed by atoms with Crippen molar-refractivity contribution in [1.82, 2.24) is 15.5 Å². The molecule has 8 heteroatoms. The fourth-order valence-electron chi connectivity index (χ4n) is 2.67. The summed E-state index contributed by atoms with van der Waals surface area (Å²) in [5.74, 6) is -1.76. The average Bonchev–Trinajstić information content (AvgIpc) is 2.99. The Hall–Kier alpha value is -2.38. The van der Waals surface area contributed by atoms with Crippen molar-refractivity contribution >= 4 is 24.0 Å². The van der Waals surface area contributed by atoms with Gasteiger partial charge in [-0.25, -0.2) is 0 Å². The molecule has 1 fully saturated rings. The molecule has 0 spiro atoms. The normalized spacial score (nSPS) is 19.2. The van der Waals surface area contributed by atoms with Gasteiger partial charge in [-0.2, -0.15) is 0 Å². The zero-order valence-corrected chi connectivity index (χ0v) is 14.2. The Labute approximate surface area is 141 Å². The SMILES string of the molecule is C=C(C)NCC(C=O)NC(=O)C1CCCN1C(=O)C(C)CC(N)=O. The van der Waals surface area contributed by atoms with Gasteiger partial charge in [-0.1, -0.05) is 13.5 Å². The van der Waals surface area contributed by atoms with Crippen molar-refractivity contribution in [3.8, 4) is 0 Å². The van der Waals surface area contributed by atoms with Crippen molar-refractivity contribution in [1.29, 1.82) is 0 Å². The van der Waals surface area contributed by atoms with Gasteiger partial charge in [0.1, 0.15) is 18.4 Å². The maximum Gasteiger partial charge on any atom is 0.243 e. The van der Waals surface area contributed by atoms with Crippen molar-refractivity contribution in [2.45, 2.75) is 45.2 Å². The van der Waals surface area contributed by atoms with Crippen LogP contribution in [0.25, 0.3) is 0 Å². The Morgan fingerprint density at radius 3 is 2.62 bits per heavy atom. The van der Waals surface area contributed by atoms with Gasteiger partial charge in [-0.15, -0.1) is 0 Å². The Morgan fingerprint density at radius 2 is 2.08 bits per heavy atom. The quantitative estimate of drug-likeness (QED) is 0.480. The maximum atomic E-state index is 12.4. The van der Waals surface area contributed by atoms with E-state index < -0.39 is 23.9 Å². The van der Waals surface area contributed by atoms with Gasteiger partial charge in [-0.05, 0) is 19.8 Å². The molecule has 0 radical (unpaired) electrons. The lowest BCUT2D eigenvalue weighted by molar-refractivity contribution is -0.142. The van der Waals surface area contributed by atoms with E-state index in [-0.39, 0.29) is 24.8 Å². The zero-order valence-electron chi connectivity index (χ0n) is 14.2. The average molecular weight is 338 g/mol. The molecule has 0 aromatic rings. The van der Waals surface area contributed by atoms with Crippen molar-refractivity contribution in [3.05, 3.63) is 12.3 Å². The summed E-state index contributed by atoms with van der Waals surface area (Å²) in [5, 5.41) is 5.53. The molecule has 4 N–H and O–H groups in total. The minimum Gasteiger partial charge on any atom is -0.387 e. The third-order valence-corrected chi connectivity index (χ3v) is 3.88. The number of rotatable bonds is 9. The number of amides is 3. The van der Waals surface area contributed by atoms with E-state index in [0.29, 0.717) is 31.4 Å². The third kappa shape index (κ3) is 5.68. The summed E-state index contributed by atoms with van der Waals surface area (Å²) in [6.45, 7) is 7.73. The molecule has 1 saturated heterocycles. The maximum absolute atomic E-state index is 12.4. The molecule has 134 valence electrons. The van der Waals surface area contributed by atoms with E-state index in [4.69, 9.17) is 5.73 Å². The Balaban J connectivity index is 2.67. The van der Waals surface area contributed by atoms with Gasteiger partial charge in [0.05, 0.1) is 0 Å². The minimum absolute atomic E-state index is 0.0524. The first kappa shape index (κ1) is 19.7. The molecule has 3 unspecified atom stereocenters. The van der Waals surface area contributed by atoms with Crippen LogP contribution in [0.1, 0.15) is 33.1 Å². The highest BCUT2D eigenvalue weighted by atomic mass is 16.2. The second-order valence-electron chi connectivity index (χ2n) is 6.17. The molecule has 1 rings (SSSR count). The van der Waals surface area contributed by atoms with Gasteiger partial charge in [0.15, 0.2) is 0 Å². The molecule has 1 heterocycles. The van der Waals surface area contributed by atoms with Crippen LogP contribution in [0.5, 0.6) is 0 Å². The molecule has 3 amide bonds. The number of hydrogen-bond donors (Lipinski definition) is 3. The number of carbonyl (C=O) groups is 4. The highest BCUT2D eigenvalue weighted by Crippen LogP contribution is 2.21. The number of nitrogens with two attached hydrogens (primary N) is 1. The molecule has 0 aromatic carbocycles. The van der Waals surface area contributed by atoms with Crippen molar-refractivity contribution < 1.29 is 19.2 Å². The van der Waals surface area contributed by atoms with Crippen LogP contribution >= 0.6 is 0 Å². The molecular weight excluding hydrogens is 312 g/mol. The second kappa shape index (κ2) is 9.05. The predicted molar refractivity (Wildman–Crippen MR) is 88.5 cm³/mol. The van der Waals surface area contributed by atoms with Crippen LogP contribution in [-0.4, -0.2) is 54.1 Å². The first-order valence-electron chi connectivity index (χ1n) is 8.00. The van der Waals surface area contributed by atoms with Crippen LogP contribution in [0.2, 0.25) is 0 Å². The van der Waals surface area contributed by atoms with E-state index in [1.165, 1.54) is 4.90 Å². The van der Waals surface area contributed by atoms with Crippen molar-refractivity contribution in [3.63, 3.8) is 0 Å². The largest absolute Gasteiger partial charge is 0.387 e. The van der Waals surface area contributed by atoms with Crippen molar-refractivity contribution in [2.75, 3.05) is 13.1 Å². The summed E-state index contributed by atoms with van der Waals surface area (Å²) in [4.78, 5) is 48.4. The first-order chi connectivity index (χ1) is 11.3. The first-order valence-corrected chi connectivity index (χ1v) is 8.00. The topological polar surface area (TPSA) is 122 Å². The van der Waals surface area contributed by atoms with Crippen LogP contribution in [0.4, 0.5) is 0 Å². The van der Waals surface area contributed by atoms with Gasteiger partial charge in [0, 0.05) is 31.1 Å². The number of hydrogen-bond acceptors (Lipinski definition) is 5. The summed E-state index contributed by atoms with van der Waals surface area (Å²) in [7, 11) is 0. The van der Waals surface area contributed by atoms with Crippen LogP contribution < -0.4 is 16.4 Å². The van der Waals surface area contributed by atoms with Crippen LogP contribution in [0.3, 0.4) is 0 Å². The molecule has 1 aliphatic rings. The number of nitrogens with zero attached hydrogens (tertiary/aromatic N) is 1. The van der Waals surface area contributed by atoms with E-state index in [1.54, 1.807) is 13.8 Å². The van der Waals surface area contributed by atoms with Gasteiger partial charge in [0.25, 0.3) is 0 Å². The number of carbonyl (C=O) groups excluding carboxylic acids is 4. The van der Waals surface area contributed by atoms with E-state index >= 15 is 0 Å². The number of allylic oxidation sites excluding steroid dienone is 1. The highest BCUT2D eigenvalue weighted by Gasteiger charge is 2.36. The lowest BCUT2D eigenvalue weighted by atomic mass is 10.1. The smallest absolute Gasteiger partial charge is 0.243 e. The predicted octanol–water partition coefficient (Wildman–Crippen LogP) is -0.704. The number of primary amides is 1.